The predicted molar refractivity (Wildman–Crippen MR) is 78.9 cm³/mol. The summed E-state index contributed by atoms with van der Waals surface area (Å²) >= 11 is 1.96. The molecule has 0 unspecified atom stereocenters. The summed E-state index contributed by atoms with van der Waals surface area (Å²) in [4.78, 5) is 4.56. The van der Waals surface area contributed by atoms with Crippen LogP contribution in [-0.4, -0.2) is 16.8 Å². The van der Waals surface area contributed by atoms with Gasteiger partial charge in [0.15, 0.2) is 0 Å². The molecule has 0 saturated heterocycles. The first-order valence-corrected chi connectivity index (χ1v) is 7.94. The number of aromatic nitrogens is 1. The fourth-order valence-electron chi connectivity index (χ4n) is 2.27. The van der Waals surface area contributed by atoms with Crippen molar-refractivity contribution in [2.45, 2.75) is 56.4 Å². The van der Waals surface area contributed by atoms with Crippen molar-refractivity contribution in [3.63, 3.8) is 0 Å². The molecule has 0 amide bonds. The van der Waals surface area contributed by atoms with Gasteiger partial charge in [0.05, 0.1) is 5.03 Å². The van der Waals surface area contributed by atoms with Gasteiger partial charge in [-0.2, -0.15) is 0 Å². The maximum atomic E-state index is 4.56. The van der Waals surface area contributed by atoms with Crippen molar-refractivity contribution in [1.29, 1.82) is 0 Å². The molecule has 0 aliphatic heterocycles. The summed E-state index contributed by atoms with van der Waals surface area (Å²) in [6.45, 7) is 6.46. The smallest absolute Gasteiger partial charge is 0.0962 e. The molecule has 0 aromatic carbocycles. The largest absolute Gasteiger partial charge is 0.312 e. The summed E-state index contributed by atoms with van der Waals surface area (Å²) in [6, 6.07) is 4.38. The highest BCUT2D eigenvalue weighted by atomic mass is 32.2. The second kappa shape index (κ2) is 7.15. The molecule has 0 radical (unpaired) electrons. The van der Waals surface area contributed by atoms with E-state index < -0.39 is 0 Å². The summed E-state index contributed by atoms with van der Waals surface area (Å²) in [5, 5.41) is 5.44. The fourth-order valence-corrected chi connectivity index (χ4v) is 3.44. The maximum Gasteiger partial charge on any atom is 0.0962 e. The Morgan fingerprint density at radius 3 is 2.72 bits per heavy atom. The van der Waals surface area contributed by atoms with E-state index in [1.54, 1.807) is 0 Å². The average molecular weight is 264 g/mol. The van der Waals surface area contributed by atoms with E-state index >= 15 is 0 Å². The van der Waals surface area contributed by atoms with E-state index in [-0.39, 0.29) is 0 Å². The lowest BCUT2D eigenvalue weighted by Gasteiger charge is -2.09. The highest BCUT2D eigenvalue weighted by Gasteiger charge is 2.16. The van der Waals surface area contributed by atoms with Crippen LogP contribution in [0.25, 0.3) is 0 Å². The van der Waals surface area contributed by atoms with Crippen LogP contribution >= 0.6 is 11.8 Å². The maximum absolute atomic E-state index is 4.56. The van der Waals surface area contributed by atoms with Crippen molar-refractivity contribution in [3.8, 4) is 0 Å². The molecule has 2 rings (SSSR count). The monoisotopic (exact) mass is 264 g/mol. The molecular weight excluding hydrogens is 240 g/mol. The van der Waals surface area contributed by atoms with Crippen LogP contribution in [0.1, 0.15) is 45.1 Å². The third kappa shape index (κ3) is 4.62. The summed E-state index contributed by atoms with van der Waals surface area (Å²) < 4.78 is 0. The zero-order valence-electron chi connectivity index (χ0n) is 11.5. The molecule has 0 atom stereocenters. The van der Waals surface area contributed by atoms with Gasteiger partial charge in [-0.1, -0.05) is 32.8 Å². The SMILES string of the molecule is CC(C)CNCc1ccc(SC2CCCC2)nc1. The zero-order chi connectivity index (χ0) is 12.8. The molecule has 1 aromatic heterocycles. The topological polar surface area (TPSA) is 24.9 Å². The average Bonchev–Trinajstić information content (AvgIpc) is 2.84. The number of thioether (sulfide) groups is 1. The second-order valence-electron chi connectivity index (χ2n) is 5.55. The summed E-state index contributed by atoms with van der Waals surface area (Å²) in [5.41, 5.74) is 1.28. The summed E-state index contributed by atoms with van der Waals surface area (Å²) in [6.07, 6.45) is 7.54. The Bertz CT molecular complexity index is 342. The molecule has 100 valence electrons. The van der Waals surface area contributed by atoms with Gasteiger partial charge in [-0.15, -0.1) is 11.8 Å². The summed E-state index contributed by atoms with van der Waals surface area (Å²) in [5.74, 6) is 0.704. The molecule has 1 fully saturated rings. The predicted octanol–water partition coefficient (Wildman–Crippen LogP) is 3.86. The summed E-state index contributed by atoms with van der Waals surface area (Å²) in [7, 11) is 0. The Morgan fingerprint density at radius 1 is 1.33 bits per heavy atom. The Labute approximate surface area is 115 Å². The normalized spacial score (nSPS) is 16.6. The van der Waals surface area contributed by atoms with E-state index in [0.29, 0.717) is 5.92 Å². The molecule has 18 heavy (non-hydrogen) atoms. The van der Waals surface area contributed by atoms with Gasteiger partial charge in [-0.05, 0) is 36.9 Å². The first-order valence-electron chi connectivity index (χ1n) is 7.06. The molecule has 1 aliphatic carbocycles. The Balaban J connectivity index is 1.77. The van der Waals surface area contributed by atoms with Gasteiger partial charge in [-0.25, -0.2) is 4.98 Å². The van der Waals surface area contributed by atoms with Crippen molar-refractivity contribution in [3.05, 3.63) is 23.9 Å². The molecule has 1 N–H and O–H groups in total. The van der Waals surface area contributed by atoms with E-state index in [2.05, 4.69) is 36.3 Å². The minimum Gasteiger partial charge on any atom is -0.312 e. The standard InChI is InChI=1S/C15H24N2S/c1-12(2)9-16-10-13-7-8-15(17-11-13)18-14-5-3-4-6-14/h7-8,11-12,14,16H,3-6,9-10H2,1-2H3. The number of hydrogen-bond acceptors (Lipinski definition) is 3. The van der Waals surface area contributed by atoms with Crippen molar-refractivity contribution < 1.29 is 0 Å². The molecular formula is C15H24N2S. The van der Waals surface area contributed by atoms with Gasteiger partial charge in [0.2, 0.25) is 0 Å². The number of hydrogen-bond donors (Lipinski definition) is 1. The molecule has 1 aromatic rings. The van der Waals surface area contributed by atoms with Crippen molar-refractivity contribution in [2.24, 2.45) is 5.92 Å². The van der Waals surface area contributed by atoms with Gasteiger partial charge in [0, 0.05) is 18.0 Å². The van der Waals surface area contributed by atoms with Crippen molar-refractivity contribution >= 4 is 11.8 Å². The molecule has 3 heteroatoms. The van der Waals surface area contributed by atoms with Crippen LogP contribution in [-0.2, 0) is 6.54 Å². The third-order valence-corrected chi connectivity index (χ3v) is 4.56. The highest BCUT2D eigenvalue weighted by Crippen LogP contribution is 2.33. The molecule has 1 aliphatic rings. The van der Waals surface area contributed by atoms with E-state index in [0.717, 1.165) is 18.3 Å². The lowest BCUT2D eigenvalue weighted by molar-refractivity contribution is 0.551. The van der Waals surface area contributed by atoms with Gasteiger partial charge >= 0.3 is 0 Å². The van der Waals surface area contributed by atoms with Gasteiger partial charge in [-0.3, -0.25) is 0 Å². The quantitative estimate of drug-likeness (QED) is 0.844. The Kier molecular flexibility index (Phi) is 5.51. The molecule has 2 nitrogen and oxygen atoms in total. The number of pyridine rings is 1. The minimum absolute atomic E-state index is 0.704. The molecule has 0 bridgehead atoms. The van der Waals surface area contributed by atoms with Crippen LogP contribution in [0.4, 0.5) is 0 Å². The van der Waals surface area contributed by atoms with Crippen LogP contribution in [0.15, 0.2) is 23.4 Å². The molecule has 1 heterocycles. The number of rotatable bonds is 6. The third-order valence-electron chi connectivity index (χ3n) is 3.27. The first-order chi connectivity index (χ1) is 8.74. The van der Waals surface area contributed by atoms with Crippen molar-refractivity contribution in [2.75, 3.05) is 6.54 Å². The minimum atomic E-state index is 0.704. The Morgan fingerprint density at radius 2 is 2.11 bits per heavy atom. The van der Waals surface area contributed by atoms with E-state index in [1.165, 1.54) is 36.3 Å². The van der Waals surface area contributed by atoms with Crippen LogP contribution in [0, 0.1) is 5.92 Å². The van der Waals surface area contributed by atoms with E-state index in [4.69, 9.17) is 0 Å². The molecule has 0 spiro atoms. The second-order valence-corrected chi connectivity index (χ2v) is 6.87. The van der Waals surface area contributed by atoms with E-state index in [9.17, 15) is 0 Å². The fraction of sp³-hybridized carbons (Fsp3) is 0.667. The number of nitrogens with zero attached hydrogens (tertiary/aromatic N) is 1. The van der Waals surface area contributed by atoms with Crippen LogP contribution in [0.2, 0.25) is 0 Å². The highest BCUT2D eigenvalue weighted by molar-refractivity contribution is 7.99. The van der Waals surface area contributed by atoms with Crippen LogP contribution in [0.3, 0.4) is 0 Å². The lowest BCUT2D eigenvalue weighted by atomic mass is 10.2. The van der Waals surface area contributed by atoms with E-state index in [1.807, 2.05) is 18.0 Å². The first kappa shape index (κ1) is 13.9. The van der Waals surface area contributed by atoms with Crippen LogP contribution < -0.4 is 5.32 Å². The molecule has 1 saturated carbocycles. The number of nitrogens with one attached hydrogen (secondary N) is 1. The van der Waals surface area contributed by atoms with Crippen molar-refractivity contribution in [1.82, 2.24) is 10.3 Å². The van der Waals surface area contributed by atoms with Crippen LogP contribution in [0.5, 0.6) is 0 Å². The van der Waals surface area contributed by atoms with Gasteiger partial charge in [0.1, 0.15) is 0 Å². The van der Waals surface area contributed by atoms with Gasteiger partial charge in [0.25, 0.3) is 0 Å². The zero-order valence-corrected chi connectivity index (χ0v) is 12.3. The van der Waals surface area contributed by atoms with Gasteiger partial charge < -0.3 is 5.32 Å². The Hall–Kier alpha value is -0.540. The lowest BCUT2D eigenvalue weighted by Crippen LogP contribution is -2.18.